The van der Waals surface area contributed by atoms with Gasteiger partial charge in [0.25, 0.3) is 10.0 Å². The quantitative estimate of drug-likeness (QED) is 0.835. The Hall–Kier alpha value is -1.76. The van der Waals surface area contributed by atoms with Gasteiger partial charge in [-0.3, -0.25) is 0 Å². The summed E-state index contributed by atoms with van der Waals surface area (Å²) in [5.41, 5.74) is -0.00423. The van der Waals surface area contributed by atoms with Crippen molar-refractivity contribution in [1.29, 1.82) is 0 Å². The molecule has 0 spiro atoms. The van der Waals surface area contributed by atoms with E-state index in [9.17, 15) is 13.2 Å². The van der Waals surface area contributed by atoms with Gasteiger partial charge in [0, 0.05) is 10.0 Å². The van der Waals surface area contributed by atoms with Crippen molar-refractivity contribution in [2.45, 2.75) is 24.3 Å². The fourth-order valence-electron chi connectivity index (χ4n) is 2.04. The normalized spacial score (nSPS) is 11.8. The maximum absolute atomic E-state index is 12.2. The highest BCUT2D eigenvalue weighted by atomic mass is 35.5. The summed E-state index contributed by atoms with van der Waals surface area (Å²) in [6.07, 6.45) is 0. The summed E-state index contributed by atoms with van der Waals surface area (Å²) >= 11 is 11.6. The molecule has 0 bridgehead atoms. The topological polar surface area (TPSA) is 75.3 Å². The summed E-state index contributed by atoms with van der Waals surface area (Å²) < 4.78 is 26.4. The molecular formula is C16H16Cl2N2O3S. The van der Waals surface area contributed by atoms with E-state index in [1.807, 2.05) is 4.72 Å². The maximum Gasteiger partial charge on any atom is 0.329 e. The van der Waals surface area contributed by atoms with Crippen LogP contribution in [0.2, 0.25) is 10.0 Å². The number of sulfonamides is 1. The van der Waals surface area contributed by atoms with Crippen LogP contribution in [0.4, 0.5) is 4.79 Å². The Balaban J connectivity index is 2.11. The van der Waals surface area contributed by atoms with Crippen LogP contribution >= 0.6 is 23.2 Å². The number of halogens is 2. The third kappa shape index (κ3) is 4.63. The Labute approximate surface area is 151 Å². The zero-order valence-electron chi connectivity index (χ0n) is 13.0. The van der Waals surface area contributed by atoms with Gasteiger partial charge in [-0.25, -0.2) is 17.9 Å². The summed E-state index contributed by atoms with van der Waals surface area (Å²) in [7, 11) is -3.98. The molecule has 2 aromatic rings. The van der Waals surface area contributed by atoms with Crippen LogP contribution < -0.4 is 10.0 Å². The van der Waals surface area contributed by atoms with Gasteiger partial charge in [0.2, 0.25) is 0 Å². The van der Waals surface area contributed by atoms with Crippen molar-refractivity contribution in [3.05, 3.63) is 64.1 Å². The third-order valence-electron chi connectivity index (χ3n) is 3.34. The highest BCUT2D eigenvalue weighted by Crippen LogP contribution is 2.22. The summed E-state index contributed by atoms with van der Waals surface area (Å²) in [6.45, 7) is 3.51. The first-order valence-corrected chi connectivity index (χ1v) is 9.21. The predicted octanol–water partition coefficient (Wildman–Crippen LogP) is 3.92. The molecule has 0 aliphatic carbocycles. The fourth-order valence-corrected chi connectivity index (χ4v) is 3.20. The molecule has 24 heavy (non-hydrogen) atoms. The molecule has 128 valence electrons. The average Bonchev–Trinajstić information content (AvgIpc) is 2.46. The van der Waals surface area contributed by atoms with Crippen molar-refractivity contribution in [2.75, 3.05) is 0 Å². The molecule has 0 aromatic heterocycles. The van der Waals surface area contributed by atoms with Crippen molar-refractivity contribution in [2.24, 2.45) is 0 Å². The molecular weight excluding hydrogens is 371 g/mol. The molecule has 8 heteroatoms. The van der Waals surface area contributed by atoms with Crippen molar-refractivity contribution in [3.8, 4) is 0 Å². The van der Waals surface area contributed by atoms with Crippen LogP contribution in [0.5, 0.6) is 0 Å². The summed E-state index contributed by atoms with van der Waals surface area (Å²) in [5.74, 6) is 0. The van der Waals surface area contributed by atoms with Gasteiger partial charge in [-0.05, 0) is 55.8 Å². The molecule has 0 fully saturated rings. The molecule has 0 atom stereocenters. The zero-order chi connectivity index (χ0) is 18.0. The predicted molar refractivity (Wildman–Crippen MR) is 94.8 cm³/mol. The smallest absolute Gasteiger partial charge is 0.328 e. The van der Waals surface area contributed by atoms with E-state index in [-0.39, 0.29) is 4.90 Å². The van der Waals surface area contributed by atoms with Crippen molar-refractivity contribution in [3.63, 3.8) is 0 Å². The fraction of sp³-hybridized carbons (Fsp3) is 0.188. The molecule has 2 N–H and O–H groups in total. The third-order valence-corrected chi connectivity index (χ3v) is 5.19. The second-order valence-corrected chi connectivity index (χ2v) is 8.20. The molecule has 5 nitrogen and oxygen atoms in total. The lowest BCUT2D eigenvalue weighted by Gasteiger charge is -2.27. The van der Waals surface area contributed by atoms with Crippen LogP contribution in [0.25, 0.3) is 0 Å². The number of hydrogen-bond acceptors (Lipinski definition) is 3. The van der Waals surface area contributed by atoms with Crippen LogP contribution in [0, 0.1) is 0 Å². The molecule has 2 aromatic carbocycles. The second kappa shape index (κ2) is 7.01. The van der Waals surface area contributed by atoms with Crippen LogP contribution in [0.15, 0.2) is 53.4 Å². The molecule has 0 saturated heterocycles. The number of hydrogen-bond donors (Lipinski definition) is 2. The van der Waals surface area contributed by atoms with E-state index in [0.29, 0.717) is 10.0 Å². The first-order chi connectivity index (χ1) is 11.1. The Kier molecular flexibility index (Phi) is 5.42. The van der Waals surface area contributed by atoms with Crippen molar-refractivity contribution in [1.82, 2.24) is 10.0 Å². The standard InChI is InChI=1S/C16H16Cl2N2O3S/c1-16(2,11-3-5-12(17)6-4-11)19-15(21)20-24(22,23)14-9-7-13(18)8-10-14/h3-10H,1-2H3,(H2,19,20,21). The number of nitrogens with one attached hydrogen (secondary N) is 2. The average molecular weight is 387 g/mol. The van der Waals surface area contributed by atoms with Gasteiger partial charge < -0.3 is 5.32 Å². The summed E-state index contributed by atoms with van der Waals surface area (Å²) in [6, 6.07) is 11.6. The number of amides is 2. The Morgan fingerprint density at radius 2 is 1.38 bits per heavy atom. The van der Waals surface area contributed by atoms with Gasteiger partial charge in [0.05, 0.1) is 10.4 Å². The minimum absolute atomic E-state index is 0.0497. The van der Waals surface area contributed by atoms with Gasteiger partial charge in [-0.15, -0.1) is 0 Å². The van der Waals surface area contributed by atoms with E-state index < -0.39 is 21.6 Å². The minimum atomic E-state index is -3.98. The van der Waals surface area contributed by atoms with Gasteiger partial charge in [0.1, 0.15) is 0 Å². The maximum atomic E-state index is 12.2. The lowest BCUT2D eigenvalue weighted by molar-refractivity contribution is 0.235. The van der Waals surface area contributed by atoms with Crippen LogP contribution in [-0.4, -0.2) is 14.4 Å². The van der Waals surface area contributed by atoms with Crippen LogP contribution in [0.3, 0.4) is 0 Å². The highest BCUT2D eigenvalue weighted by molar-refractivity contribution is 7.90. The number of carbonyl (C=O) groups excluding carboxylic acids is 1. The molecule has 0 aliphatic rings. The Morgan fingerprint density at radius 3 is 1.88 bits per heavy atom. The van der Waals surface area contributed by atoms with Gasteiger partial charge >= 0.3 is 6.03 Å². The number of urea groups is 1. The minimum Gasteiger partial charge on any atom is -0.328 e. The molecule has 2 rings (SSSR count). The lowest BCUT2D eigenvalue weighted by atomic mass is 9.95. The van der Waals surface area contributed by atoms with Gasteiger partial charge in [-0.1, -0.05) is 35.3 Å². The Bertz CT molecular complexity index is 833. The monoisotopic (exact) mass is 386 g/mol. The number of benzene rings is 2. The second-order valence-electron chi connectivity index (χ2n) is 5.65. The van der Waals surface area contributed by atoms with Crippen LogP contribution in [0.1, 0.15) is 19.4 Å². The molecule has 0 radical (unpaired) electrons. The number of rotatable bonds is 4. The molecule has 2 amide bonds. The van der Waals surface area contributed by atoms with Crippen LogP contribution in [-0.2, 0) is 15.6 Å². The zero-order valence-corrected chi connectivity index (χ0v) is 15.3. The molecule has 0 unspecified atom stereocenters. The first-order valence-electron chi connectivity index (χ1n) is 6.97. The molecule has 0 saturated carbocycles. The highest BCUT2D eigenvalue weighted by Gasteiger charge is 2.25. The van der Waals surface area contributed by atoms with Gasteiger partial charge in [0.15, 0.2) is 0 Å². The first kappa shape index (κ1) is 18.6. The van der Waals surface area contributed by atoms with E-state index in [1.165, 1.54) is 24.3 Å². The SMILES string of the molecule is CC(C)(NC(=O)NS(=O)(=O)c1ccc(Cl)cc1)c1ccc(Cl)cc1. The largest absolute Gasteiger partial charge is 0.329 e. The number of carbonyl (C=O) groups is 1. The lowest BCUT2D eigenvalue weighted by Crippen LogP contribution is -2.48. The van der Waals surface area contributed by atoms with Gasteiger partial charge in [-0.2, -0.15) is 0 Å². The molecule has 0 aliphatic heterocycles. The van der Waals surface area contributed by atoms with E-state index >= 15 is 0 Å². The summed E-state index contributed by atoms with van der Waals surface area (Å²) in [4.78, 5) is 12.1. The molecule has 0 heterocycles. The van der Waals surface area contributed by atoms with Crippen molar-refractivity contribution < 1.29 is 13.2 Å². The van der Waals surface area contributed by atoms with E-state index in [4.69, 9.17) is 23.2 Å². The van der Waals surface area contributed by atoms with E-state index in [0.717, 1.165) is 5.56 Å². The van der Waals surface area contributed by atoms with E-state index in [1.54, 1.807) is 38.1 Å². The summed E-state index contributed by atoms with van der Waals surface area (Å²) in [5, 5.41) is 3.61. The Morgan fingerprint density at radius 1 is 0.917 bits per heavy atom. The van der Waals surface area contributed by atoms with Crippen molar-refractivity contribution >= 4 is 39.3 Å². The van der Waals surface area contributed by atoms with E-state index in [2.05, 4.69) is 5.32 Å².